The fraction of sp³-hybridized carbons (Fsp3) is 0.0769. The quantitative estimate of drug-likeness (QED) is 0.674. The van der Waals surface area contributed by atoms with Crippen molar-refractivity contribution in [2.24, 2.45) is 0 Å². The molecular weight excluding hydrogens is 282 g/mol. The first-order chi connectivity index (χ1) is 7.77. The van der Waals surface area contributed by atoms with Gasteiger partial charge >= 0.3 is 0 Å². The second-order valence-corrected chi connectivity index (χ2v) is 5.26. The van der Waals surface area contributed by atoms with Crippen molar-refractivity contribution in [3.63, 3.8) is 0 Å². The van der Waals surface area contributed by atoms with Crippen LogP contribution in [0, 0.1) is 0 Å². The lowest BCUT2D eigenvalue weighted by Crippen LogP contribution is -1.90. The van der Waals surface area contributed by atoms with E-state index < -0.39 is 0 Å². The van der Waals surface area contributed by atoms with Crippen molar-refractivity contribution in [1.29, 1.82) is 0 Å². The highest BCUT2D eigenvalue weighted by Crippen LogP contribution is 2.29. The molecule has 0 atom stereocenters. The first kappa shape index (κ1) is 11.6. The Bertz CT molecular complexity index is 471. The predicted octanol–water partition coefficient (Wildman–Crippen LogP) is 4.32. The summed E-state index contributed by atoms with van der Waals surface area (Å²) >= 11 is 5.33. The second kappa shape index (κ2) is 5.41. The van der Waals surface area contributed by atoms with Crippen LogP contribution >= 0.6 is 27.7 Å². The van der Waals surface area contributed by atoms with Gasteiger partial charge in [-0.2, -0.15) is 0 Å². The third kappa shape index (κ3) is 2.80. The average Bonchev–Trinajstić information content (AvgIpc) is 2.32. The fourth-order valence-electron chi connectivity index (χ4n) is 1.39. The zero-order chi connectivity index (χ0) is 11.4. The summed E-state index contributed by atoms with van der Waals surface area (Å²) in [4.78, 5) is 1.27. The van der Waals surface area contributed by atoms with Crippen molar-refractivity contribution < 1.29 is 0 Å². The van der Waals surface area contributed by atoms with Crippen LogP contribution in [-0.4, -0.2) is 0 Å². The molecule has 0 aliphatic rings. The van der Waals surface area contributed by atoms with Crippen molar-refractivity contribution in [2.75, 3.05) is 5.73 Å². The van der Waals surface area contributed by atoms with E-state index in [4.69, 9.17) is 5.73 Å². The Kier molecular flexibility index (Phi) is 3.91. The highest BCUT2D eigenvalue weighted by Gasteiger charge is 2.03. The number of benzene rings is 2. The van der Waals surface area contributed by atoms with Gasteiger partial charge in [0.25, 0.3) is 0 Å². The van der Waals surface area contributed by atoms with Gasteiger partial charge in [0.15, 0.2) is 0 Å². The number of nitrogens with two attached hydrogens (primary N) is 1. The number of hydrogen-bond donors (Lipinski definition) is 1. The van der Waals surface area contributed by atoms with Crippen molar-refractivity contribution in [1.82, 2.24) is 0 Å². The van der Waals surface area contributed by atoms with E-state index in [0.717, 1.165) is 15.9 Å². The Morgan fingerprint density at radius 3 is 2.50 bits per heavy atom. The Morgan fingerprint density at radius 2 is 1.75 bits per heavy atom. The van der Waals surface area contributed by atoms with Crippen LogP contribution in [0.3, 0.4) is 0 Å². The molecule has 0 aliphatic carbocycles. The van der Waals surface area contributed by atoms with E-state index in [1.54, 1.807) is 0 Å². The number of halogens is 1. The minimum absolute atomic E-state index is 0.797. The lowest BCUT2D eigenvalue weighted by atomic mass is 10.2. The molecule has 16 heavy (non-hydrogen) atoms. The van der Waals surface area contributed by atoms with Gasteiger partial charge in [0.05, 0.1) is 0 Å². The summed E-state index contributed by atoms with van der Waals surface area (Å²) in [6.07, 6.45) is 0. The first-order valence-corrected chi connectivity index (χ1v) is 6.76. The van der Waals surface area contributed by atoms with Gasteiger partial charge < -0.3 is 5.73 Å². The van der Waals surface area contributed by atoms with E-state index in [-0.39, 0.29) is 0 Å². The molecule has 2 rings (SSSR count). The van der Waals surface area contributed by atoms with E-state index in [2.05, 4.69) is 46.3 Å². The van der Waals surface area contributed by atoms with Crippen molar-refractivity contribution in [2.45, 2.75) is 10.6 Å². The monoisotopic (exact) mass is 293 g/mol. The van der Waals surface area contributed by atoms with Crippen LogP contribution < -0.4 is 5.73 Å². The normalized spacial score (nSPS) is 10.3. The maximum Gasteiger partial charge on any atom is 0.0461 e. The van der Waals surface area contributed by atoms with Crippen molar-refractivity contribution in [3.8, 4) is 0 Å². The van der Waals surface area contributed by atoms with Gasteiger partial charge in [0.2, 0.25) is 0 Å². The molecule has 1 nitrogen and oxygen atoms in total. The van der Waals surface area contributed by atoms with Gasteiger partial charge in [0.1, 0.15) is 0 Å². The molecule has 0 aromatic heterocycles. The lowest BCUT2D eigenvalue weighted by molar-refractivity contribution is 1.36. The van der Waals surface area contributed by atoms with E-state index in [0.29, 0.717) is 0 Å². The van der Waals surface area contributed by atoms with E-state index in [1.807, 2.05) is 30.0 Å². The minimum Gasteiger partial charge on any atom is -0.398 e. The summed E-state index contributed by atoms with van der Waals surface area (Å²) < 4.78 is 1.01. The Labute approximate surface area is 108 Å². The Morgan fingerprint density at radius 1 is 1.00 bits per heavy atom. The average molecular weight is 294 g/mol. The maximum absolute atomic E-state index is 5.83. The summed E-state index contributed by atoms with van der Waals surface area (Å²) in [5.41, 5.74) is 7.86. The second-order valence-electron chi connectivity index (χ2n) is 3.42. The molecule has 0 saturated heterocycles. The third-order valence-electron chi connectivity index (χ3n) is 2.25. The Hall–Kier alpha value is -0.930. The maximum atomic E-state index is 5.83. The largest absolute Gasteiger partial charge is 0.398 e. The van der Waals surface area contributed by atoms with Crippen LogP contribution in [0.4, 0.5) is 5.69 Å². The summed E-state index contributed by atoms with van der Waals surface area (Å²) in [5, 5.41) is 0. The van der Waals surface area contributed by atoms with Gasteiger partial charge in [-0.3, -0.25) is 0 Å². The standard InChI is InChI=1S/C13H12BrNS/c14-13-10(5-4-8-12(13)15)9-16-11-6-2-1-3-7-11/h1-8H,9,15H2. The van der Waals surface area contributed by atoms with Crippen LogP contribution in [-0.2, 0) is 5.75 Å². The number of anilines is 1. The van der Waals surface area contributed by atoms with E-state index in [9.17, 15) is 0 Å². The van der Waals surface area contributed by atoms with Crippen molar-refractivity contribution in [3.05, 3.63) is 58.6 Å². The topological polar surface area (TPSA) is 26.0 Å². The number of thioether (sulfide) groups is 1. The molecule has 0 amide bonds. The van der Waals surface area contributed by atoms with Crippen LogP contribution in [0.2, 0.25) is 0 Å². The summed E-state index contributed by atoms with van der Waals surface area (Å²) in [6.45, 7) is 0. The molecule has 2 aromatic rings. The molecule has 0 aliphatic heterocycles. The minimum atomic E-state index is 0.797. The number of nitrogen functional groups attached to an aromatic ring is 1. The predicted molar refractivity (Wildman–Crippen MR) is 74.6 cm³/mol. The fourth-order valence-corrected chi connectivity index (χ4v) is 2.89. The lowest BCUT2D eigenvalue weighted by Gasteiger charge is -2.06. The summed E-state index contributed by atoms with van der Waals surface area (Å²) in [5.74, 6) is 0.926. The van der Waals surface area contributed by atoms with Gasteiger partial charge in [-0.25, -0.2) is 0 Å². The van der Waals surface area contributed by atoms with Crippen LogP contribution in [0.25, 0.3) is 0 Å². The van der Waals surface area contributed by atoms with Gasteiger partial charge in [-0.1, -0.05) is 30.3 Å². The number of hydrogen-bond acceptors (Lipinski definition) is 2. The van der Waals surface area contributed by atoms with E-state index in [1.165, 1.54) is 10.5 Å². The van der Waals surface area contributed by atoms with Gasteiger partial charge in [-0.05, 0) is 39.7 Å². The molecule has 2 N–H and O–H groups in total. The smallest absolute Gasteiger partial charge is 0.0461 e. The number of rotatable bonds is 3. The molecule has 2 aromatic carbocycles. The highest BCUT2D eigenvalue weighted by atomic mass is 79.9. The molecule has 0 bridgehead atoms. The molecule has 0 radical (unpaired) electrons. The molecular formula is C13H12BrNS. The zero-order valence-corrected chi connectivity index (χ0v) is 11.1. The zero-order valence-electron chi connectivity index (χ0n) is 8.69. The molecule has 0 unspecified atom stereocenters. The molecule has 0 spiro atoms. The molecule has 0 heterocycles. The van der Waals surface area contributed by atoms with E-state index >= 15 is 0 Å². The summed E-state index contributed by atoms with van der Waals surface area (Å²) in [6, 6.07) is 16.3. The summed E-state index contributed by atoms with van der Waals surface area (Å²) in [7, 11) is 0. The first-order valence-electron chi connectivity index (χ1n) is 4.98. The molecule has 0 fully saturated rings. The van der Waals surface area contributed by atoms with Crippen LogP contribution in [0.1, 0.15) is 5.56 Å². The molecule has 0 saturated carbocycles. The molecule has 3 heteroatoms. The third-order valence-corrected chi connectivity index (χ3v) is 4.27. The van der Waals surface area contributed by atoms with Crippen LogP contribution in [0.15, 0.2) is 57.9 Å². The van der Waals surface area contributed by atoms with Crippen molar-refractivity contribution >= 4 is 33.4 Å². The molecule has 82 valence electrons. The van der Waals surface area contributed by atoms with Crippen LogP contribution in [0.5, 0.6) is 0 Å². The van der Waals surface area contributed by atoms with Gasteiger partial charge in [-0.15, -0.1) is 11.8 Å². The SMILES string of the molecule is Nc1cccc(CSc2ccccc2)c1Br. The highest BCUT2D eigenvalue weighted by molar-refractivity contribution is 9.10. The van der Waals surface area contributed by atoms with Gasteiger partial charge in [0, 0.05) is 20.8 Å². The Balaban J connectivity index is 2.08.